The molecule has 0 saturated heterocycles. The molecule has 0 aliphatic rings. The van der Waals surface area contributed by atoms with Gasteiger partial charge in [-0.15, -0.1) is 18.3 Å². The Balaban J connectivity index is 2.11. The minimum atomic E-state index is -4.79. The highest BCUT2D eigenvalue weighted by Crippen LogP contribution is 2.28. The van der Waals surface area contributed by atoms with Crippen LogP contribution in [0.25, 0.3) is 16.9 Å². The average molecular weight is 321 g/mol. The zero-order chi connectivity index (χ0) is 16.6. The Bertz CT molecular complexity index is 889. The van der Waals surface area contributed by atoms with Crippen LogP contribution in [0.3, 0.4) is 0 Å². The summed E-state index contributed by atoms with van der Waals surface area (Å²) in [6, 6.07) is 8.29. The van der Waals surface area contributed by atoms with Gasteiger partial charge in [0.1, 0.15) is 5.75 Å². The van der Waals surface area contributed by atoms with E-state index in [9.17, 15) is 18.0 Å². The van der Waals surface area contributed by atoms with Crippen LogP contribution in [0, 0.1) is 6.33 Å². The Labute approximate surface area is 127 Å². The van der Waals surface area contributed by atoms with E-state index in [1.165, 1.54) is 34.8 Å². The maximum Gasteiger partial charge on any atom is 0.573 e. The lowest BCUT2D eigenvalue weighted by Gasteiger charge is -2.11. The van der Waals surface area contributed by atoms with E-state index in [0.29, 0.717) is 11.3 Å². The smallest absolute Gasteiger partial charge is 0.406 e. The van der Waals surface area contributed by atoms with Gasteiger partial charge in [-0.1, -0.05) is 12.1 Å². The van der Waals surface area contributed by atoms with E-state index in [4.69, 9.17) is 5.73 Å². The van der Waals surface area contributed by atoms with Crippen LogP contribution in [-0.4, -0.2) is 26.9 Å². The molecule has 2 heterocycles. The maximum absolute atomic E-state index is 12.3. The highest BCUT2D eigenvalue weighted by atomic mass is 19.4. The second-order valence-electron chi connectivity index (χ2n) is 4.52. The van der Waals surface area contributed by atoms with E-state index in [2.05, 4.69) is 21.1 Å². The normalized spacial score (nSPS) is 11.6. The van der Waals surface area contributed by atoms with Gasteiger partial charge in [0, 0.05) is 5.56 Å². The molecular weight excluding hydrogens is 313 g/mol. The van der Waals surface area contributed by atoms with Crippen molar-refractivity contribution in [1.82, 2.24) is 14.6 Å². The number of hydrogen-bond donors (Lipinski definition) is 1. The summed E-state index contributed by atoms with van der Waals surface area (Å²) in [4.78, 5) is 15.2. The lowest BCUT2D eigenvalue weighted by molar-refractivity contribution is -0.274. The second-order valence-corrected chi connectivity index (χ2v) is 4.52. The van der Waals surface area contributed by atoms with E-state index in [1.54, 1.807) is 6.07 Å². The van der Waals surface area contributed by atoms with Crippen molar-refractivity contribution >= 4 is 11.6 Å². The number of nitrogens with zero attached hydrogens (tertiary/aromatic N) is 3. The number of hydrogen-bond acceptors (Lipinski definition) is 4. The first kappa shape index (κ1) is 14.8. The number of carbonyl (C=O) groups excluding carboxylic acids is 1. The van der Waals surface area contributed by atoms with Crippen molar-refractivity contribution < 1.29 is 22.7 Å². The van der Waals surface area contributed by atoms with Gasteiger partial charge < -0.3 is 10.5 Å². The molecule has 6 nitrogen and oxygen atoms in total. The molecule has 2 aromatic heterocycles. The van der Waals surface area contributed by atoms with E-state index < -0.39 is 12.3 Å². The number of benzene rings is 1. The molecule has 0 aliphatic heterocycles. The SMILES string of the molecule is NC(=O)c1ccc(-c2cccc(OC(F)(F)F)c2)n2n[c]nc12. The summed E-state index contributed by atoms with van der Waals surface area (Å²) in [6.45, 7) is 0. The third-order valence-corrected chi connectivity index (χ3v) is 3.01. The van der Waals surface area contributed by atoms with Crippen LogP contribution in [-0.2, 0) is 0 Å². The van der Waals surface area contributed by atoms with Gasteiger partial charge in [-0.2, -0.15) is 0 Å². The molecular formula is C14H8F3N4O2. The fourth-order valence-corrected chi connectivity index (χ4v) is 2.12. The molecule has 23 heavy (non-hydrogen) atoms. The van der Waals surface area contributed by atoms with Gasteiger partial charge in [0.2, 0.25) is 6.33 Å². The molecule has 0 spiro atoms. The standard InChI is InChI=1S/C14H8F3N4O2/c15-14(16,17)23-9-3-1-2-8(6-9)11-5-4-10(12(18)22)13-19-7-20-21(11)13/h1-6H,(H2,18,22). The predicted octanol–water partition coefficient (Wildman–Crippen LogP) is 2.19. The van der Waals surface area contributed by atoms with Gasteiger partial charge in [-0.3, -0.25) is 4.79 Å². The molecule has 1 radical (unpaired) electrons. The number of fused-ring (bicyclic) bond motifs is 1. The maximum atomic E-state index is 12.3. The summed E-state index contributed by atoms with van der Waals surface area (Å²) in [5.41, 5.74) is 6.34. The lowest BCUT2D eigenvalue weighted by atomic mass is 10.1. The van der Waals surface area contributed by atoms with Crippen molar-refractivity contribution in [3.8, 4) is 17.0 Å². The minimum absolute atomic E-state index is 0.130. The van der Waals surface area contributed by atoms with E-state index in [-0.39, 0.29) is 17.0 Å². The first-order valence-electron chi connectivity index (χ1n) is 6.27. The number of primary amides is 1. The Morgan fingerprint density at radius 3 is 2.74 bits per heavy atom. The van der Waals surface area contributed by atoms with Gasteiger partial charge in [-0.05, 0) is 24.3 Å². The first-order valence-corrected chi connectivity index (χ1v) is 6.27. The van der Waals surface area contributed by atoms with Crippen LogP contribution in [0.1, 0.15) is 10.4 Å². The molecule has 0 saturated carbocycles. The number of rotatable bonds is 3. The molecule has 3 aromatic rings. The summed E-state index contributed by atoms with van der Waals surface area (Å²) in [5, 5.41) is 3.85. The second kappa shape index (κ2) is 5.27. The summed E-state index contributed by atoms with van der Waals surface area (Å²) >= 11 is 0. The van der Waals surface area contributed by atoms with Gasteiger partial charge in [0.25, 0.3) is 5.91 Å². The first-order chi connectivity index (χ1) is 10.8. The molecule has 1 amide bonds. The van der Waals surface area contributed by atoms with Gasteiger partial charge in [0.15, 0.2) is 5.65 Å². The van der Waals surface area contributed by atoms with Crippen molar-refractivity contribution in [2.75, 3.05) is 0 Å². The monoisotopic (exact) mass is 321 g/mol. The van der Waals surface area contributed by atoms with Crippen LogP contribution in [0.5, 0.6) is 5.75 Å². The predicted molar refractivity (Wildman–Crippen MR) is 72.5 cm³/mol. The Morgan fingerprint density at radius 2 is 2.04 bits per heavy atom. The highest BCUT2D eigenvalue weighted by molar-refractivity contribution is 5.99. The fourth-order valence-electron chi connectivity index (χ4n) is 2.12. The van der Waals surface area contributed by atoms with Crippen molar-refractivity contribution in [2.45, 2.75) is 6.36 Å². The van der Waals surface area contributed by atoms with Crippen molar-refractivity contribution in [2.24, 2.45) is 5.73 Å². The van der Waals surface area contributed by atoms with Gasteiger partial charge >= 0.3 is 6.36 Å². The van der Waals surface area contributed by atoms with Crippen LogP contribution in [0.4, 0.5) is 13.2 Å². The molecule has 1 aromatic carbocycles. The minimum Gasteiger partial charge on any atom is -0.406 e. The Hall–Kier alpha value is -3.10. The number of aromatic nitrogens is 3. The Kier molecular flexibility index (Phi) is 3.40. The molecule has 0 unspecified atom stereocenters. The van der Waals surface area contributed by atoms with Gasteiger partial charge in [0.05, 0.1) is 11.3 Å². The number of pyridine rings is 1. The lowest BCUT2D eigenvalue weighted by Crippen LogP contribution is -2.17. The third-order valence-electron chi connectivity index (χ3n) is 3.01. The van der Waals surface area contributed by atoms with E-state index in [1.807, 2.05) is 0 Å². The zero-order valence-electron chi connectivity index (χ0n) is 11.3. The number of ether oxygens (including phenoxy) is 1. The zero-order valence-corrected chi connectivity index (χ0v) is 11.3. The van der Waals surface area contributed by atoms with Gasteiger partial charge in [-0.25, -0.2) is 9.50 Å². The number of nitrogens with two attached hydrogens (primary N) is 1. The molecule has 0 aliphatic carbocycles. The summed E-state index contributed by atoms with van der Waals surface area (Å²) in [5.74, 6) is -1.07. The molecule has 9 heteroatoms. The quantitative estimate of drug-likeness (QED) is 0.801. The van der Waals surface area contributed by atoms with Crippen LogP contribution >= 0.6 is 0 Å². The van der Waals surface area contributed by atoms with Crippen molar-refractivity contribution in [1.29, 1.82) is 0 Å². The number of carbonyl (C=O) groups is 1. The molecule has 3 rings (SSSR count). The molecule has 2 N–H and O–H groups in total. The molecule has 117 valence electrons. The van der Waals surface area contributed by atoms with Crippen molar-refractivity contribution in [3.63, 3.8) is 0 Å². The third kappa shape index (κ3) is 2.93. The van der Waals surface area contributed by atoms with E-state index in [0.717, 1.165) is 0 Å². The van der Waals surface area contributed by atoms with Crippen LogP contribution < -0.4 is 10.5 Å². The molecule has 0 atom stereocenters. The Morgan fingerprint density at radius 1 is 1.26 bits per heavy atom. The van der Waals surface area contributed by atoms with E-state index >= 15 is 0 Å². The average Bonchev–Trinajstić information content (AvgIpc) is 2.93. The van der Waals surface area contributed by atoms with Crippen molar-refractivity contribution in [3.05, 3.63) is 48.3 Å². The number of halogens is 3. The summed E-state index contributed by atoms with van der Waals surface area (Å²) in [6.07, 6.45) is -2.45. The fraction of sp³-hybridized carbons (Fsp3) is 0.0714. The summed E-state index contributed by atoms with van der Waals surface area (Å²) in [7, 11) is 0. The largest absolute Gasteiger partial charge is 0.573 e. The topological polar surface area (TPSA) is 82.5 Å². The highest BCUT2D eigenvalue weighted by Gasteiger charge is 2.31. The molecule has 0 bridgehead atoms. The number of alkyl halides is 3. The molecule has 0 fully saturated rings. The summed E-state index contributed by atoms with van der Waals surface area (Å²) < 4.78 is 42.1. The van der Waals surface area contributed by atoms with Crippen LogP contribution in [0.2, 0.25) is 0 Å². The number of amides is 1. The van der Waals surface area contributed by atoms with Crippen LogP contribution in [0.15, 0.2) is 36.4 Å².